The molecular weight excluding hydrogens is 292 g/mol. The first-order valence-electron chi connectivity index (χ1n) is 6.78. The van der Waals surface area contributed by atoms with E-state index in [1.807, 2.05) is 0 Å². The minimum Gasteiger partial charge on any atom is -0.355 e. The summed E-state index contributed by atoms with van der Waals surface area (Å²) in [6.07, 6.45) is 1.82. The van der Waals surface area contributed by atoms with Crippen LogP contribution in [0.4, 0.5) is 0 Å². The topological polar surface area (TPSA) is 92.3 Å². The molecule has 1 aromatic rings. The van der Waals surface area contributed by atoms with Crippen LogP contribution in [-0.2, 0) is 14.8 Å². The second kappa shape index (κ2) is 6.36. The van der Waals surface area contributed by atoms with Gasteiger partial charge >= 0.3 is 0 Å². The Bertz CT molecular complexity index is 651. The zero-order chi connectivity index (χ0) is 15.5. The quantitative estimate of drug-likeness (QED) is 0.572. The maximum Gasteiger partial charge on any atom is 0.240 e. The van der Waals surface area contributed by atoms with E-state index in [1.54, 1.807) is 6.07 Å². The summed E-state index contributed by atoms with van der Waals surface area (Å²) in [4.78, 5) is 22.7. The van der Waals surface area contributed by atoms with Gasteiger partial charge < -0.3 is 5.32 Å². The third-order valence-corrected chi connectivity index (χ3v) is 4.67. The van der Waals surface area contributed by atoms with Crippen molar-refractivity contribution in [3.8, 4) is 0 Å². The van der Waals surface area contributed by atoms with Crippen molar-refractivity contribution in [3.63, 3.8) is 0 Å². The van der Waals surface area contributed by atoms with Gasteiger partial charge in [-0.3, -0.25) is 9.59 Å². The molecule has 2 N–H and O–H groups in total. The van der Waals surface area contributed by atoms with Crippen molar-refractivity contribution in [1.82, 2.24) is 10.0 Å². The number of carbonyl (C=O) groups is 2. The zero-order valence-electron chi connectivity index (χ0n) is 11.8. The zero-order valence-corrected chi connectivity index (χ0v) is 12.6. The number of hydrogen-bond donors (Lipinski definition) is 2. The molecule has 1 aliphatic rings. The summed E-state index contributed by atoms with van der Waals surface area (Å²) in [6, 6.07) is 5.86. The van der Waals surface area contributed by atoms with E-state index in [2.05, 4.69) is 10.0 Å². The SMILES string of the molecule is CC(=O)c1cccc(S(=O)(=O)NCCNC(=O)C2CC2)c1. The number of amides is 1. The molecule has 1 saturated carbocycles. The molecule has 0 atom stereocenters. The van der Waals surface area contributed by atoms with Crippen LogP contribution >= 0.6 is 0 Å². The third kappa shape index (κ3) is 4.37. The molecule has 2 rings (SSSR count). The highest BCUT2D eigenvalue weighted by Gasteiger charge is 2.29. The average Bonchev–Trinajstić information content (AvgIpc) is 3.28. The minimum atomic E-state index is -3.67. The fourth-order valence-corrected chi connectivity index (χ4v) is 2.90. The van der Waals surface area contributed by atoms with E-state index in [4.69, 9.17) is 0 Å². The Morgan fingerprint density at radius 3 is 2.57 bits per heavy atom. The van der Waals surface area contributed by atoms with E-state index in [1.165, 1.54) is 25.1 Å². The molecule has 7 heteroatoms. The smallest absolute Gasteiger partial charge is 0.240 e. The van der Waals surface area contributed by atoms with Crippen LogP contribution in [-0.4, -0.2) is 33.2 Å². The van der Waals surface area contributed by atoms with Gasteiger partial charge in [0.15, 0.2) is 5.78 Å². The lowest BCUT2D eigenvalue weighted by molar-refractivity contribution is -0.122. The van der Waals surface area contributed by atoms with Crippen molar-refractivity contribution in [2.75, 3.05) is 13.1 Å². The lowest BCUT2D eigenvalue weighted by atomic mass is 10.2. The van der Waals surface area contributed by atoms with Crippen molar-refractivity contribution in [2.24, 2.45) is 5.92 Å². The highest BCUT2D eigenvalue weighted by Crippen LogP contribution is 2.28. The maximum atomic E-state index is 12.1. The number of rotatable bonds is 7. The van der Waals surface area contributed by atoms with Crippen LogP contribution in [0, 0.1) is 5.92 Å². The van der Waals surface area contributed by atoms with Crippen LogP contribution in [0.15, 0.2) is 29.2 Å². The van der Waals surface area contributed by atoms with E-state index in [0.29, 0.717) is 5.56 Å². The molecule has 0 bridgehead atoms. The van der Waals surface area contributed by atoms with E-state index in [-0.39, 0.29) is 35.6 Å². The van der Waals surface area contributed by atoms with E-state index in [9.17, 15) is 18.0 Å². The first-order chi connectivity index (χ1) is 9.90. The molecule has 0 aliphatic heterocycles. The third-order valence-electron chi connectivity index (χ3n) is 3.22. The lowest BCUT2D eigenvalue weighted by Crippen LogP contribution is -2.35. The van der Waals surface area contributed by atoms with Crippen LogP contribution in [0.5, 0.6) is 0 Å². The second-order valence-corrected chi connectivity index (χ2v) is 6.81. The summed E-state index contributed by atoms with van der Waals surface area (Å²) >= 11 is 0. The molecule has 0 unspecified atom stereocenters. The number of carbonyl (C=O) groups excluding carboxylic acids is 2. The minimum absolute atomic E-state index is 0.0206. The monoisotopic (exact) mass is 310 g/mol. The molecule has 0 radical (unpaired) electrons. The summed E-state index contributed by atoms with van der Waals surface area (Å²) in [5, 5.41) is 2.68. The van der Waals surface area contributed by atoms with Gasteiger partial charge in [-0.2, -0.15) is 0 Å². The molecule has 0 saturated heterocycles. The molecule has 0 spiro atoms. The molecule has 1 fully saturated rings. The normalized spacial score (nSPS) is 14.7. The fourth-order valence-electron chi connectivity index (χ4n) is 1.83. The predicted molar refractivity (Wildman–Crippen MR) is 77.4 cm³/mol. The van der Waals surface area contributed by atoms with Crippen molar-refractivity contribution >= 4 is 21.7 Å². The Morgan fingerprint density at radius 1 is 1.24 bits per heavy atom. The number of Topliss-reactive ketones (excluding diaryl/α,β-unsaturated/α-hetero) is 1. The maximum absolute atomic E-state index is 12.1. The summed E-state index contributed by atoms with van der Waals surface area (Å²) in [5.41, 5.74) is 0.347. The van der Waals surface area contributed by atoms with Gasteiger partial charge in [0.25, 0.3) is 0 Å². The molecule has 1 amide bonds. The molecule has 0 aromatic heterocycles. The number of benzene rings is 1. The van der Waals surface area contributed by atoms with Crippen LogP contribution in [0.3, 0.4) is 0 Å². The van der Waals surface area contributed by atoms with Gasteiger partial charge in [0.1, 0.15) is 0 Å². The van der Waals surface area contributed by atoms with Crippen molar-refractivity contribution in [3.05, 3.63) is 29.8 Å². The summed E-state index contributed by atoms with van der Waals surface area (Å²) in [6.45, 7) is 1.75. The second-order valence-electron chi connectivity index (χ2n) is 5.05. The van der Waals surface area contributed by atoms with Gasteiger partial charge in [0, 0.05) is 24.6 Å². The Labute approximate surface area is 124 Å². The first-order valence-corrected chi connectivity index (χ1v) is 8.27. The van der Waals surface area contributed by atoms with Crippen molar-refractivity contribution < 1.29 is 18.0 Å². The standard InChI is InChI=1S/C14H18N2O4S/c1-10(17)12-3-2-4-13(9-12)21(19,20)16-8-7-15-14(18)11-5-6-11/h2-4,9,11,16H,5-8H2,1H3,(H,15,18). The predicted octanol–water partition coefficient (Wildman–Crippen LogP) is 0.694. The van der Waals surface area contributed by atoms with Crippen LogP contribution in [0.1, 0.15) is 30.1 Å². The van der Waals surface area contributed by atoms with Crippen molar-refractivity contribution in [1.29, 1.82) is 0 Å². The molecule has 114 valence electrons. The van der Waals surface area contributed by atoms with E-state index >= 15 is 0 Å². The molecule has 0 heterocycles. The van der Waals surface area contributed by atoms with Gasteiger partial charge in [-0.1, -0.05) is 12.1 Å². The number of nitrogens with one attached hydrogen (secondary N) is 2. The summed E-state index contributed by atoms with van der Waals surface area (Å²) in [5.74, 6) is -0.106. The van der Waals surface area contributed by atoms with Gasteiger partial charge in [0.2, 0.25) is 15.9 Å². The molecule has 21 heavy (non-hydrogen) atoms. The number of ketones is 1. The van der Waals surface area contributed by atoms with Gasteiger partial charge in [-0.05, 0) is 31.9 Å². The summed E-state index contributed by atoms with van der Waals surface area (Å²) in [7, 11) is -3.67. The highest BCUT2D eigenvalue weighted by atomic mass is 32.2. The Balaban J connectivity index is 1.90. The average molecular weight is 310 g/mol. The van der Waals surface area contributed by atoms with E-state index < -0.39 is 10.0 Å². The molecule has 1 aliphatic carbocycles. The molecular formula is C14H18N2O4S. The number of sulfonamides is 1. The van der Waals surface area contributed by atoms with Crippen LogP contribution < -0.4 is 10.0 Å². The Hall–Kier alpha value is -1.73. The Kier molecular flexibility index (Phi) is 4.74. The van der Waals surface area contributed by atoms with Crippen LogP contribution in [0.25, 0.3) is 0 Å². The van der Waals surface area contributed by atoms with Crippen LogP contribution in [0.2, 0.25) is 0 Å². The highest BCUT2D eigenvalue weighted by molar-refractivity contribution is 7.89. The fraction of sp³-hybridized carbons (Fsp3) is 0.429. The van der Waals surface area contributed by atoms with Gasteiger partial charge in [-0.15, -0.1) is 0 Å². The van der Waals surface area contributed by atoms with Gasteiger partial charge in [-0.25, -0.2) is 13.1 Å². The number of hydrogen-bond acceptors (Lipinski definition) is 4. The largest absolute Gasteiger partial charge is 0.355 e. The van der Waals surface area contributed by atoms with E-state index in [0.717, 1.165) is 12.8 Å². The van der Waals surface area contributed by atoms with Crippen molar-refractivity contribution in [2.45, 2.75) is 24.7 Å². The molecule has 1 aromatic carbocycles. The first kappa shape index (κ1) is 15.7. The van der Waals surface area contributed by atoms with Gasteiger partial charge in [0.05, 0.1) is 4.90 Å². The molecule has 6 nitrogen and oxygen atoms in total. The lowest BCUT2D eigenvalue weighted by Gasteiger charge is -2.08. The summed E-state index contributed by atoms with van der Waals surface area (Å²) < 4.78 is 26.5. The Morgan fingerprint density at radius 2 is 1.95 bits per heavy atom.